The van der Waals surface area contributed by atoms with E-state index in [0.29, 0.717) is 24.6 Å². The summed E-state index contributed by atoms with van der Waals surface area (Å²) in [5.74, 6) is 0.407. The monoisotopic (exact) mass is 263 g/mol. The summed E-state index contributed by atoms with van der Waals surface area (Å²) in [5, 5.41) is 3.53. The Morgan fingerprint density at radius 1 is 1.37 bits per heavy atom. The lowest BCUT2D eigenvalue weighted by Crippen LogP contribution is -2.35. The Morgan fingerprint density at radius 2 is 2.21 bits per heavy atom. The fraction of sp³-hybridized carbons (Fsp3) is 0.733. The van der Waals surface area contributed by atoms with E-state index in [9.17, 15) is 0 Å². The van der Waals surface area contributed by atoms with Gasteiger partial charge < -0.3 is 10.1 Å². The molecule has 1 N–H and O–H groups in total. The van der Waals surface area contributed by atoms with Gasteiger partial charge in [0.1, 0.15) is 0 Å². The second-order valence-electron chi connectivity index (χ2n) is 5.66. The maximum Gasteiger partial charge on any atom is 0.316 e. The van der Waals surface area contributed by atoms with Crippen LogP contribution in [0.3, 0.4) is 0 Å². The van der Waals surface area contributed by atoms with Crippen LogP contribution in [0.2, 0.25) is 0 Å². The normalized spacial score (nSPS) is 19.7. The van der Waals surface area contributed by atoms with Crippen molar-refractivity contribution >= 4 is 0 Å². The smallest absolute Gasteiger partial charge is 0.316 e. The Kier molecular flexibility index (Phi) is 5.14. The molecular formula is C15H25N3O. The van der Waals surface area contributed by atoms with Crippen molar-refractivity contribution in [3.8, 4) is 6.01 Å². The molecule has 1 aliphatic rings. The average Bonchev–Trinajstić information content (AvgIpc) is 2.39. The highest BCUT2D eigenvalue weighted by Crippen LogP contribution is 2.16. The molecule has 1 aliphatic heterocycles. The SMILES string of the molecule is Cc1cc(C(C)C)nc(OCCC2CCCCN2)n1. The molecule has 1 unspecified atom stereocenters. The van der Waals surface area contributed by atoms with Crippen LogP contribution in [0.4, 0.5) is 0 Å². The molecule has 106 valence electrons. The Hall–Kier alpha value is -1.16. The third-order valence-electron chi connectivity index (χ3n) is 3.55. The first-order chi connectivity index (χ1) is 9.15. The predicted molar refractivity (Wildman–Crippen MR) is 76.6 cm³/mol. The van der Waals surface area contributed by atoms with Crippen LogP contribution in [0.1, 0.15) is 56.8 Å². The van der Waals surface area contributed by atoms with Crippen molar-refractivity contribution in [2.75, 3.05) is 13.2 Å². The van der Waals surface area contributed by atoms with Crippen molar-refractivity contribution in [2.24, 2.45) is 0 Å². The first-order valence-corrected chi connectivity index (χ1v) is 7.37. The number of aryl methyl sites for hydroxylation is 1. The fourth-order valence-electron chi connectivity index (χ4n) is 2.39. The zero-order valence-electron chi connectivity index (χ0n) is 12.3. The molecule has 0 bridgehead atoms. The van der Waals surface area contributed by atoms with E-state index < -0.39 is 0 Å². The quantitative estimate of drug-likeness (QED) is 0.887. The molecule has 4 nitrogen and oxygen atoms in total. The minimum atomic E-state index is 0.407. The van der Waals surface area contributed by atoms with Crippen molar-refractivity contribution in [3.05, 3.63) is 17.5 Å². The van der Waals surface area contributed by atoms with Gasteiger partial charge in [-0.2, -0.15) is 4.98 Å². The van der Waals surface area contributed by atoms with E-state index in [4.69, 9.17) is 4.74 Å². The third-order valence-corrected chi connectivity index (χ3v) is 3.55. The van der Waals surface area contributed by atoms with Gasteiger partial charge in [-0.25, -0.2) is 4.98 Å². The van der Waals surface area contributed by atoms with Gasteiger partial charge in [-0.1, -0.05) is 20.3 Å². The molecule has 4 heteroatoms. The molecule has 0 aromatic carbocycles. The van der Waals surface area contributed by atoms with E-state index in [1.807, 2.05) is 13.0 Å². The number of nitrogens with zero attached hydrogens (tertiary/aromatic N) is 2. The van der Waals surface area contributed by atoms with Gasteiger partial charge in [0, 0.05) is 11.7 Å². The lowest BCUT2D eigenvalue weighted by atomic mass is 10.0. The van der Waals surface area contributed by atoms with Gasteiger partial charge >= 0.3 is 6.01 Å². The number of ether oxygens (including phenoxy) is 1. The van der Waals surface area contributed by atoms with E-state index in [1.165, 1.54) is 19.3 Å². The number of nitrogens with one attached hydrogen (secondary N) is 1. The lowest BCUT2D eigenvalue weighted by Gasteiger charge is -2.23. The predicted octanol–water partition coefficient (Wildman–Crippen LogP) is 2.82. The summed E-state index contributed by atoms with van der Waals surface area (Å²) in [7, 11) is 0. The molecule has 1 saturated heterocycles. The van der Waals surface area contributed by atoms with Gasteiger partial charge in [0.15, 0.2) is 0 Å². The second kappa shape index (κ2) is 6.85. The summed E-state index contributed by atoms with van der Waals surface area (Å²) in [6, 6.07) is 3.16. The van der Waals surface area contributed by atoms with E-state index in [1.54, 1.807) is 0 Å². The molecule has 0 spiro atoms. The van der Waals surface area contributed by atoms with Crippen molar-refractivity contribution in [2.45, 2.75) is 58.4 Å². The largest absolute Gasteiger partial charge is 0.463 e. The minimum Gasteiger partial charge on any atom is -0.463 e. The van der Waals surface area contributed by atoms with Crippen LogP contribution in [0.5, 0.6) is 6.01 Å². The van der Waals surface area contributed by atoms with Crippen molar-refractivity contribution in [1.82, 2.24) is 15.3 Å². The second-order valence-corrected chi connectivity index (χ2v) is 5.66. The lowest BCUT2D eigenvalue weighted by molar-refractivity contribution is 0.251. The summed E-state index contributed by atoms with van der Waals surface area (Å²) in [5.41, 5.74) is 2.03. The van der Waals surface area contributed by atoms with E-state index in [2.05, 4.69) is 29.1 Å². The van der Waals surface area contributed by atoms with Gasteiger partial charge in [-0.3, -0.25) is 0 Å². The molecular weight excluding hydrogens is 238 g/mol. The zero-order valence-corrected chi connectivity index (χ0v) is 12.3. The van der Waals surface area contributed by atoms with E-state index >= 15 is 0 Å². The summed E-state index contributed by atoms with van der Waals surface area (Å²) in [6.45, 7) is 8.10. The van der Waals surface area contributed by atoms with Crippen LogP contribution in [-0.2, 0) is 0 Å². The third kappa shape index (κ3) is 4.46. The Balaban J connectivity index is 1.84. The molecule has 2 heterocycles. The minimum absolute atomic E-state index is 0.407. The topological polar surface area (TPSA) is 47.0 Å². The highest BCUT2D eigenvalue weighted by molar-refractivity contribution is 5.15. The molecule has 2 rings (SSSR count). The number of hydrogen-bond acceptors (Lipinski definition) is 4. The standard InChI is InChI=1S/C15H25N3O/c1-11(2)14-10-12(3)17-15(18-14)19-9-7-13-6-4-5-8-16-13/h10-11,13,16H,4-9H2,1-3H3. The Morgan fingerprint density at radius 3 is 2.89 bits per heavy atom. The van der Waals surface area contributed by atoms with Crippen molar-refractivity contribution < 1.29 is 4.74 Å². The van der Waals surface area contributed by atoms with Crippen LogP contribution in [0, 0.1) is 6.92 Å². The number of rotatable bonds is 5. The van der Waals surface area contributed by atoms with Gasteiger partial charge in [0.05, 0.1) is 12.3 Å². The van der Waals surface area contributed by atoms with Crippen LogP contribution in [0.25, 0.3) is 0 Å². The highest BCUT2D eigenvalue weighted by Gasteiger charge is 2.13. The molecule has 0 aliphatic carbocycles. The fourth-order valence-corrected chi connectivity index (χ4v) is 2.39. The first-order valence-electron chi connectivity index (χ1n) is 7.37. The summed E-state index contributed by atoms with van der Waals surface area (Å²) in [4.78, 5) is 8.81. The zero-order chi connectivity index (χ0) is 13.7. The number of piperidine rings is 1. The van der Waals surface area contributed by atoms with Crippen LogP contribution >= 0.6 is 0 Å². The average molecular weight is 263 g/mol. The summed E-state index contributed by atoms with van der Waals surface area (Å²) < 4.78 is 5.72. The molecule has 1 atom stereocenters. The van der Waals surface area contributed by atoms with Gasteiger partial charge in [-0.05, 0) is 44.7 Å². The number of aromatic nitrogens is 2. The Bertz CT molecular complexity index is 400. The van der Waals surface area contributed by atoms with E-state index in [0.717, 1.165) is 24.4 Å². The maximum absolute atomic E-state index is 5.72. The highest BCUT2D eigenvalue weighted by atomic mass is 16.5. The van der Waals surface area contributed by atoms with Crippen LogP contribution in [-0.4, -0.2) is 29.2 Å². The van der Waals surface area contributed by atoms with E-state index in [-0.39, 0.29) is 0 Å². The van der Waals surface area contributed by atoms with Crippen molar-refractivity contribution in [3.63, 3.8) is 0 Å². The molecule has 0 amide bonds. The van der Waals surface area contributed by atoms with Gasteiger partial charge in [-0.15, -0.1) is 0 Å². The summed E-state index contributed by atoms with van der Waals surface area (Å²) in [6.07, 6.45) is 4.93. The molecule has 1 aromatic rings. The molecule has 19 heavy (non-hydrogen) atoms. The summed E-state index contributed by atoms with van der Waals surface area (Å²) >= 11 is 0. The first kappa shape index (κ1) is 14.3. The Labute approximate surface area is 116 Å². The van der Waals surface area contributed by atoms with Gasteiger partial charge in [0.2, 0.25) is 0 Å². The van der Waals surface area contributed by atoms with Crippen LogP contribution in [0.15, 0.2) is 6.07 Å². The molecule has 0 saturated carbocycles. The molecule has 1 aromatic heterocycles. The van der Waals surface area contributed by atoms with Crippen molar-refractivity contribution in [1.29, 1.82) is 0 Å². The molecule has 1 fully saturated rings. The van der Waals surface area contributed by atoms with Gasteiger partial charge in [0.25, 0.3) is 0 Å². The number of hydrogen-bond donors (Lipinski definition) is 1. The molecule has 0 radical (unpaired) electrons. The van der Waals surface area contributed by atoms with Crippen LogP contribution < -0.4 is 10.1 Å². The maximum atomic E-state index is 5.72.